The molecule has 1 aromatic rings. The van der Waals surface area contributed by atoms with Crippen LogP contribution in [0.3, 0.4) is 0 Å². The molecular formula is C10H15NO2S. The molecule has 14 heavy (non-hydrogen) atoms. The molecule has 3 nitrogen and oxygen atoms in total. The van der Waals surface area contributed by atoms with Gasteiger partial charge in [-0.25, -0.2) is 4.98 Å². The van der Waals surface area contributed by atoms with Crippen molar-refractivity contribution in [1.29, 1.82) is 0 Å². The van der Waals surface area contributed by atoms with E-state index >= 15 is 0 Å². The Balaban J connectivity index is 2.61. The minimum absolute atomic E-state index is 0.157. The van der Waals surface area contributed by atoms with Crippen molar-refractivity contribution < 1.29 is 9.53 Å². The lowest BCUT2D eigenvalue weighted by atomic mass is 9.90. The number of hydrogen-bond acceptors (Lipinski definition) is 4. The number of nitrogens with zero attached hydrogens (tertiary/aromatic N) is 1. The minimum atomic E-state index is -0.478. The minimum Gasteiger partial charge on any atom is -0.466 e. The van der Waals surface area contributed by atoms with Crippen LogP contribution in [0.4, 0.5) is 0 Å². The quantitative estimate of drug-likeness (QED) is 0.720. The average Bonchev–Trinajstić information content (AvgIpc) is 2.56. The molecule has 0 amide bonds. The van der Waals surface area contributed by atoms with Crippen LogP contribution in [0, 0.1) is 5.41 Å². The zero-order chi connectivity index (χ0) is 10.6. The number of rotatable bonds is 4. The Morgan fingerprint density at radius 1 is 1.64 bits per heavy atom. The van der Waals surface area contributed by atoms with Crippen LogP contribution in [0.2, 0.25) is 0 Å². The summed E-state index contributed by atoms with van der Waals surface area (Å²) in [5, 5.41) is 2.89. The predicted octanol–water partition coefficient (Wildman–Crippen LogP) is 2.27. The Labute approximate surface area is 88.1 Å². The maximum Gasteiger partial charge on any atom is 0.311 e. The van der Waals surface area contributed by atoms with Gasteiger partial charge in [0, 0.05) is 18.0 Å². The largest absolute Gasteiger partial charge is 0.466 e. The van der Waals surface area contributed by atoms with Crippen molar-refractivity contribution in [3.05, 3.63) is 16.6 Å². The highest BCUT2D eigenvalue weighted by atomic mass is 32.1. The van der Waals surface area contributed by atoms with Gasteiger partial charge in [-0.1, -0.05) is 0 Å². The first kappa shape index (κ1) is 11.2. The molecule has 1 heterocycles. The smallest absolute Gasteiger partial charge is 0.311 e. The highest BCUT2D eigenvalue weighted by Gasteiger charge is 2.30. The number of carbonyl (C=O) groups excluding carboxylic acids is 1. The van der Waals surface area contributed by atoms with E-state index in [2.05, 4.69) is 4.98 Å². The van der Waals surface area contributed by atoms with Gasteiger partial charge >= 0.3 is 5.97 Å². The normalized spacial score (nSPS) is 11.4. The molecule has 78 valence electrons. The van der Waals surface area contributed by atoms with Crippen LogP contribution in [0.25, 0.3) is 0 Å². The Bertz CT molecular complexity index is 293. The SMILES string of the molecule is CCOC(=O)C(C)(C)Cc1nccs1. The maximum absolute atomic E-state index is 11.5. The van der Waals surface area contributed by atoms with E-state index in [1.54, 1.807) is 17.5 Å². The standard InChI is InChI=1S/C10H15NO2S/c1-4-13-9(12)10(2,3)7-8-11-5-6-14-8/h5-6H,4,7H2,1-3H3. The summed E-state index contributed by atoms with van der Waals surface area (Å²) in [7, 11) is 0. The van der Waals surface area contributed by atoms with Gasteiger partial charge in [-0.05, 0) is 20.8 Å². The Hall–Kier alpha value is -0.900. The molecule has 0 aliphatic heterocycles. The molecule has 0 N–H and O–H groups in total. The lowest BCUT2D eigenvalue weighted by Gasteiger charge is -2.20. The van der Waals surface area contributed by atoms with E-state index < -0.39 is 5.41 Å². The van der Waals surface area contributed by atoms with Crippen molar-refractivity contribution >= 4 is 17.3 Å². The molecule has 0 unspecified atom stereocenters. The summed E-state index contributed by atoms with van der Waals surface area (Å²) in [6.07, 6.45) is 2.39. The third-order valence-corrected chi connectivity index (χ3v) is 2.68. The van der Waals surface area contributed by atoms with Crippen molar-refractivity contribution in [1.82, 2.24) is 4.98 Å². The van der Waals surface area contributed by atoms with Gasteiger partial charge < -0.3 is 4.74 Å². The Morgan fingerprint density at radius 3 is 2.86 bits per heavy atom. The lowest BCUT2D eigenvalue weighted by molar-refractivity contribution is -0.153. The summed E-state index contributed by atoms with van der Waals surface area (Å²) in [5.74, 6) is -0.157. The van der Waals surface area contributed by atoms with Crippen molar-refractivity contribution in [3.8, 4) is 0 Å². The number of carbonyl (C=O) groups is 1. The fraction of sp³-hybridized carbons (Fsp3) is 0.600. The maximum atomic E-state index is 11.5. The van der Waals surface area contributed by atoms with Gasteiger partial charge in [0.25, 0.3) is 0 Å². The van der Waals surface area contributed by atoms with Crippen LogP contribution >= 0.6 is 11.3 Å². The first-order valence-electron chi connectivity index (χ1n) is 4.62. The van der Waals surface area contributed by atoms with Crippen molar-refractivity contribution in [2.24, 2.45) is 5.41 Å². The van der Waals surface area contributed by atoms with Crippen LogP contribution < -0.4 is 0 Å². The van der Waals surface area contributed by atoms with E-state index in [-0.39, 0.29) is 5.97 Å². The number of aromatic nitrogens is 1. The van der Waals surface area contributed by atoms with Crippen molar-refractivity contribution in [2.45, 2.75) is 27.2 Å². The van der Waals surface area contributed by atoms with Gasteiger partial charge in [0.2, 0.25) is 0 Å². The van der Waals surface area contributed by atoms with Crippen LogP contribution in [0.15, 0.2) is 11.6 Å². The molecule has 4 heteroatoms. The van der Waals surface area contributed by atoms with E-state index in [1.807, 2.05) is 26.2 Å². The summed E-state index contributed by atoms with van der Waals surface area (Å²) >= 11 is 1.57. The van der Waals surface area contributed by atoms with E-state index in [0.717, 1.165) is 5.01 Å². The fourth-order valence-electron chi connectivity index (χ4n) is 1.12. The molecule has 0 saturated carbocycles. The molecule has 0 fully saturated rings. The van der Waals surface area contributed by atoms with Crippen molar-refractivity contribution in [3.63, 3.8) is 0 Å². The summed E-state index contributed by atoms with van der Waals surface area (Å²) in [6, 6.07) is 0. The first-order chi connectivity index (χ1) is 6.56. The lowest BCUT2D eigenvalue weighted by Crippen LogP contribution is -2.28. The van der Waals surface area contributed by atoms with Gasteiger partial charge in [-0.3, -0.25) is 4.79 Å². The van der Waals surface area contributed by atoms with Gasteiger partial charge in [0.05, 0.1) is 17.0 Å². The zero-order valence-corrected chi connectivity index (χ0v) is 9.56. The Morgan fingerprint density at radius 2 is 2.36 bits per heavy atom. The van der Waals surface area contributed by atoms with Crippen molar-refractivity contribution in [2.75, 3.05) is 6.61 Å². The number of ether oxygens (including phenoxy) is 1. The molecule has 0 spiro atoms. The predicted molar refractivity (Wildman–Crippen MR) is 56.2 cm³/mol. The fourth-order valence-corrected chi connectivity index (χ4v) is 1.96. The molecule has 0 aliphatic carbocycles. The topological polar surface area (TPSA) is 39.2 Å². The molecule has 1 rings (SSSR count). The molecule has 0 radical (unpaired) electrons. The molecule has 0 saturated heterocycles. The van der Waals surface area contributed by atoms with Crippen LogP contribution in [0.1, 0.15) is 25.8 Å². The highest BCUT2D eigenvalue weighted by molar-refractivity contribution is 7.09. The van der Waals surface area contributed by atoms with Gasteiger partial charge in [0.15, 0.2) is 0 Å². The molecule has 0 aliphatic rings. The van der Waals surface area contributed by atoms with E-state index in [1.165, 1.54) is 0 Å². The monoisotopic (exact) mass is 213 g/mol. The van der Waals surface area contributed by atoms with E-state index in [0.29, 0.717) is 13.0 Å². The molecule has 0 atom stereocenters. The number of thiazole rings is 1. The van der Waals surface area contributed by atoms with Crippen LogP contribution in [-0.4, -0.2) is 17.6 Å². The zero-order valence-electron chi connectivity index (χ0n) is 8.74. The summed E-state index contributed by atoms with van der Waals surface area (Å²) in [4.78, 5) is 15.7. The van der Waals surface area contributed by atoms with Crippen LogP contribution in [0.5, 0.6) is 0 Å². The summed E-state index contributed by atoms with van der Waals surface area (Å²) in [6.45, 7) is 6.01. The number of esters is 1. The second-order valence-corrected chi connectivity index (χ2v) is 4.69. The van der Waals surface area contributed by atoms with Gasteiger partial charge in [-0.15, -0.1) is 11.3 Å². The highest BCUT2D eigenvalue weighted by Crippen LogP contribution is 2.24. The molecule has 0 aromatic carbocycles. The molecular weight excluding hydrogens is 198 g/mol. The molecule has 0 bridgehead atoms. The second kappa shape index (κ2) is 4.55. The van der Waals surface area contributed by atoms with Gasteiger partial charge in [0.1, 0.15) is 0 Å². The summed E-state index contributed by atoms with van der Waals surface area (Å²) < 4.78 is 4.99. The third-order valence-electron chi connectivity index (χ3n) is 1.90. The number of hydrogen-bond donors (Lipinski definition) is 0. The third kappa shape index (κ3) is 2.80. The second-order valence-electron chi connectivity index (χ2n) is 3.71. The van der Waals surface area contributed by atoms with E-state index in [9.17, 15) is 4.79 Å². The molecule has 1 aromatic heterocycles. The van der Waals surface area contributed by atoms with Gasteiger partial charge in [-0.2, -0.15) is 0 Å². The van der Waals surface area contributed by atoms with E-state index in [4.69, 9.17) is 4.74 Å². The average molecular weight is 213 g/mol. The first-order valence-corrected chi connectivity index (χ1v) is 5.50. The summed E-state index contributed by atoms with van der Waals surface area (Å²) in [5.41, 5.74) is -0.478. The van der Waals surface area contributed by atoms with Crippen LogP contribution in [-0.2, 0) is 16.0 Å². The Kier molecular flexibility index (Phi) is 3.63.